The molecule has 0 spiro atoms. The molecule has 1 aromatic heterocycles. The van der Waals surface area contributed by atoms with Gasteiger partial charge >= 0.3 is 5.69 Å². The number of hydrogen-bond donors (Lipinski definition) is 1. The summed E-state index contributed by atoms with van der Waals surface area (Å²) in [5.41, 5.74) is -0.305. The number of hydrogen-bond acceptors (Lipinski definition) is 7. The topological polar surface area (TPSA) is 120 Å². The van der Waals surface area contributed by atoms with Crippen molar-refractivity contribution in [2.75, 3.05) is 25.4 Å². The number of thioether (sulfide) groups is 1. The highest BCUT2D eigenvalue weighted by Crippen LogP contribution is 2.21. The zero-order valence-corrected chi connectivity index (χ0v) is 14.6. The third-order valence-corrected chi connectivity index (χ3v) is 5.60. The number of rotatable bonds is 6. The van der Waals surface area contributed by atoms with Crippen LogP contribution in [-0.4, -0.2) is 63.1 Å². The first-order valence-corrected chi connectivity index (χ1v) is 9.41. The molecule has 3 heterocycles. The maximum Gasteiger partial charge on any atom is 0.344 e. The molecule has 2 saturated heterocycles. The maximum absolute atomic E-state index is 12.3. The van der Waals surface area contributed by atoms with E-state index in [4.69, 9.17) is 4.74 Å². The molecule has 25 heavy (non-hydrogen) atoms. The fraction of sp³-hybridized carbons (Fsp3) is 0.733. The van der Waals surface area contributed by atoms with E-state index in [2.05, 4.69) is 10.2 Å². The Morgan fingerprint density at radius 3 is 2.72 bits per heavy atom. The van der Waals surface area contributed by atoms with E-state index in [0.717, 1.165) is 12.8 Å². The van der Waals surface area contributed by atoms with E-state index in [1.807, 2.05) is 0 Å². The number of likely N-dealkylation sites (tertiary alicyclic amines) is 1. The highest BCUT2D eigenvalue weighted by molar-refractivity contribution is 7.99. The van der Waals surface area contributed by atoms with Crippen molar-refractivity contribution in [2.24, 2.45) is 5.92 Å². The standard InChI is InChI=1S/C15H22N4O5S/c20-12(18-5-3-10(4-6-18)13(21)22)9-25-15-17-16-14(23)19(15)8-11-2-1-7-24-11/h10-11H,1-9H2,(H,16,23)(H,21,22)/p-1/t11-/m1/s1. The first-order valence-electron chi connectivity index (χ1n) is 8.43. The van der Waals surface area contributed by atoms with Crippen LogP contribution in [0.15, 0.2) is 9.95 Å². The molecule has 1 N–H and O–H groups in total. The third kappa shape index (κ3) is 4.43. The van der Waals surface area contributed by atoms with E-state index in [9.17, 15) is 19.5 Å². The van der Waals surface area contributed by atoms with Crippen LogP contribution in [0, 0.1) is 5.92 Å². The van der Waals surface area contributed by atoms with Gasteiger partial charge in [-0.1, -0.05) is 11.8 Å². The van der Waals surface area contributed by atoms with Gasteiger partial charge in [0.15, 0.2) is 5.16 Å². The number of ether oxygens (including phenoxy) is 1. The van der Waals surface area contributed by atoms with Crippen LogP contribution in [0.5, 0.6) is 0 Å². The molecule has 0 bridgehead atoms. The molecule has 2 aliphatic rings. The summed E-state index contributed by atoms with van der Waals surface area (Å²) in [5.74, 6) is -1.44. The van der Waals surface area contributed by atoms with Crippen LogP contribution in [0.2, 0.25) is 0 Å². The van der Waals surface area contributed by atoms with Crippen LogP contribution >= 0.6 is 11.8 Å². The summed E-state index contributed by atoms with van der Waals surface area (Å²) in [6.07, 6.45) is 2.75. The Morgan fingerprint density at radius 2 is 2.08 bits per heavy atom. The van der Waals surface area contributed by atoms with E-state index in [1.54, 1.807) is 4.90 Å². The molecule has 3 rings (SSSR count). The summed E-state index contributed by atoms with van der Waals surface area (Å²) >= 11 is 1.21. The van der Waals surface area contributed by atoms with E-state index < -0.39 is 11.9 Å². The molecular formula is C15H21N4O5S-. The molecule has 10 heteroatoms. The van der Waals surface area contributed by atoms with Gasteiger partial charge in [-0.05, 0) is 25.7 Å². The molecule has 9 nitrogen and oxygen atoms in total. The van der Waals surface area contributed by atoms with Crippen LogP contribution in [-0.2, 0) is 20.9 Å². The summed E-state index contributed by atoms with van der Waals surface area (Å²) in [6, 6.07) is 0. The molecule has 0 unspecified atom stereocenters. The SMILES string of the molecule is O=C([O-])C1CCN(C(=O)CSc2n[nH]c(=O)n2C[C@H]2CCCO2)CC1. The highest BCUT2D eigenvalue weighted by atomic mass is 32.2. The Kier molecular flexibility index (Phi) is 5.79. The lowest BCUT2D eigenvalue weighted by molar-refractivity contribution is -0.312. The second-order valence-electron chi connectivity index (χ2n) is 6.32. The highest BCUT2D eigenvalue weighted by Gasteiger charge is 2.24. The van der Waals surface area contributed by atoms with Crippen molar-refractivity contribution in [3.8, 4) is 0 Å². The molecular weight excluding hydrogens is 348 g/mol. The van der Waals surface area contributed by atoms with Gasteiger partial charge in [-0.15, -0.1) is 5.10 Å². The number of carboxylic acids is 1. The minimum atomic E-state index is -1.05. The van der Waals surface area contributed by atoms with Crippen LogP contribution in [0.25, 0.3) is 0 Å². The van der Waals surface area contributed by atoms with Crippen molar-refractivity contribution in [3.05, 3.63) is 10.5 Å². The van der Waals surface area contributed by atoms with Gasteiger partial charge in [0.25, 0.3) is 0 Å². The van der Waals surface area contributed by atoms with Gasteiger partial charge in [-0.3, -0.25) is 9.36 Å². The minimum Gasteiger partial charge on any atom is -0.550 e. The number of aromatic amines is 1. The van der Waals surface area contributed by atoms with Crippen molar-refractivity contribution in [1.29, 1.82) is 0 Å². The molecule has 1 atom stereocenters. The summed E-state index contributed by atoms with van der Waals surface area (Å²) < 4.78 is 7.06. The van der Waals surface area contributed by atoms with Gasteiger partial charge in [-0.25, -0.2) is 9.89 Å². The molecule has 2 fully saturated rings. The Balaban J connectivity index is 1.52. The number of aliphatic carboxylic acids is 1. The Labute approximate surface area is 148 Å². The van der Waals surface area contributed by atoms with Crippen molar-refractivity contribution >= 4 is 23.6 Å². The fourth-order valence-electron chi connectivity index (χ4n) is 3.15. The van der Waals surface area contributed by atoms with Crippen LogP contribution in [0.3, 0.4) is 0 Å². The number of aromatic nitrogens is 3. The fourth-order valence-corrected chi connectivity index (χ4v) is 4.01. The smallest absolute Gasteiger partial charge is 0.344 e. The van der Waals surface area contributed by atoms with E-state index in [-0.39, 0.29) is 23.5 Å². The summed E-state index contributed by atoms with van der Waals surface area (Å²) in [7, 11) is 0. The average molecular weight is 369 g/mol. The monoisotopic (exact) mass is 369 g/mol. The van der Waals surface area contributed by atoms with Gasteiger partial charge in [0.2, 0.25) is 5.91 Å². The quantitative estimate of drug-likeness (QED) is 0.627. The molecule has 1 aromatic rings. The molecule has 0 radical (unpaired) electrons. The predicted octanol–water partition coefficient (Wildman–Crippen LogP) is -1.17. The van der Waals surface area contributed by atoms with E-state index in [1.165, 1.54) is 16.3 Å². The number of carbonyl (C=O) groups excluding carboxylic acids is 2. The summed E-state index contributed by atoms with van der Waals surface area (Å²) in [5, 5.41) is 17.7. The predicted molar refractivity (Wildman–Crippen MR) is 86.9 cm³/mol. The first kappa shape index (κ1) is 18.0. The number of piperidine rings is 1. The largest absolute Gasteiger partial charge is 0.550 e. The molecule has 138 valence electrons. The van der Waals surface area contributed by atoms with E-state index in [0.29, 0.717) is 44.2 Å². The molecule has 1 amide bonds. The number of carbonyl (C=O) groups is 2. The zero-order chi connectivity index (χ0) is 17.8. The zero-order valence-electron chi connectivity index (χ0n) is 13.8. The average Bonchev–Trinajstić information content (AvgIpc) is 3.24. The third-order valence-electron chi connectivity index (χ3n) is 4.64. The van der Waals surface area contributed by atoms with Crippen LogP contribution < -0.4 is 10.8 Å². The number of carboxylic acid groups (broad SMARTS) is 1. The lowest BCUT2D eigenvalue weighted by Gasteiger charge is -2.32. The normalized spacial score (nSPS) is 21.6. The number of nitrogens with one attached hydrogen (secondary N) is 1. The van der Waals surface area contributed by atoms with Crippen molar-refractivity contribution < 1.29 is 19.4 Å². The Hall–Kier alpha value is -1.81. The van der Waals surface area contributed by atoms with E-state index >= 15 is 0 Å². The van der Waals surface area contributed by atoms with Crippen molar-refractivity contribution in [2.45, 2.75) is 43.5 Å². The second kappa shape index (κ2) is 8.05. The number of amides is 1. The van der Waals surface area contributed by atoms with Gasteiger partial charge in [0.05, 0.1) is 18.4 Å². The number of H-pyrrole nitrogens is 1. The first-order chi connectivity index (χ1) is 12.0. The maximum atomic E-state index is 12.3. The molecule has 2 aliphatic heterocycles. The molecule has 0 saturated carbocycles. The van der Waals surface area contributed by atoms with Gasteiger partial charge in [0.1, 0.15) is 0 Å². The van der Waals surface area contributed by atoms with Crippen LogP contribution in [0.1, 0.15) is 25.7 Å². The minimum absolute atomic E-state index is 0.00834. The molecule has 0 aliphatic carbocycles. The van der Waals surface area contributed by atoms with Crippen LogP contribution in [0.4, 0.5) is 0 Å². The Morgan fingerprint density at radius 1 is 1.32 bits per heavy atom. The summed E-state index contributed by atoms with van der Waals surface area (Å²) in [6.45, 7) is 1.98. The van der Waals surface area contributed by atoms with Gasteiger partial charge in [-0.2, -0.15) is 0 Å². The van der Waals surface area contributed by atoms with Gasteiger partial charge < -0.3 is 19.5 Å². The van der Waals surface area contributed by atoms with Crippen molar-refractivity contribution in [3.63, 3.8) is 0 Å². The lowest BCUT2D eigenvalue weighted by Crippen LogP contribution is -2.44. The lowest BCUT2D eigenvalue weighted by atomic mass is 9.97. The second-order valence-corrected chi connectivity index (χ2v) is 7.26. The Bertz CT molecular complexity index is 674. The number of nitrogens with zero attached hydrogens (tertiary/aromatic N) is 3. The van der Waals surface area contributed by atoms with Gasteiger partial charge in [0, 0.05) is 31.6 Å². The summed E-state index contributed by atoms with van der Waals surface area (Å²) in [4.78, 5) is 36.7. The van der Waals surface area contributed by atoms with Crippen molar-refractivity contribution in [1.82, 2.24) is 19.7 Å². The molecule has 0 aromatic carbocycles.